The van der Waals surface area contributed by atoms with Crippen LogP contribution in [0.25, 0.3) is 0 Å². The first-order valence-corrected chi connectivity index (χ1v) is 10.4. The molecule has 1 fully saturated rings. The van der Waals surface area contributed by atoms with Crippen LogP contribution in [0.1, 0.15) is 15.9 Å². The summed E-state index contributed by atoms with van der Waals surface area (Å²) in [5, 5.41) is 0. The summed E-state index contributed by atoms with van der Waals surface area (Å²) in [6.07, 6.45) is 0.793. The lowest BCUT2D eigenvalue weighted by molar-refractivity contribution is -0.119. The van der Waals surface area contributed by atoms with Crippen LogP contribution in [-0.2, 0) is 14.8 Å². The van der Waals surface area contributed by atoms with Crippen molar-refractivity contribution < 1.29 is 18.0 Å². The molecule has 0 spiro atoms. The number of carbonyl (C=O) groups excluding carboxylic acids is 2. The largest absolute Gasteiger partial charge is 0.342 e. The first kappa shape index (κ1) is 19.9. The van der Waals surface area contributed by atoms with Gasteiger partial charge in [-0.3, -0.25) is 13.9 Å². The van der Waals surface area contributed by atoms with Gasteiger partial charge in [0.05, 0.1) is 10.6 Å². The van der Waals surface area contributed by atoms with Gasteiger partial charge in [-0.05, 0) is 43.3 Å². The molecule has 148 valence electrons. The van der Waals surface area contributed by atoms with Crippen molar-refractivity contribution in [2.24, 2.45) is 0 Å². The Balaban J connectivity index is 1.74. The van der Waals surface area contributed by atoms with Crippen molar-refractivity contribution in [2.75, 3.05) is 37.5 Å². The zero-order valence-corrected chi connectivity index (χ0v) is 16.7. The molecule has 0 N–H and O–H groups in total. The predicted octanol–water partition coefficient (Wildman–Crippen LogP) is 1.73. The summed E-state index contributed by atoms with van der Waals surface area (Å²) in [5.74, 6) is -0.124. The highest BCUT2D eigenvalue weighted by Gasteiger charge is 2.23. The third-order valence-corrected chi connectivity index (χ3v) is 6.71. The van der Waals surface area contributed by atoms with Crippen LogP contribution in [0.3, 0.4) is 0 Å². The average Bonchev–Trinajstić information content (AvgIpc) is 2.73. The molecule has 3 rings (SSSR count). The number of sulfonamides is 1. The highest BCUT2D eigenvalue weighted by molar-refractivity contribution is 7.92. The smallest absolute Gasteiger partial charge is 0.264 e. The van der Waals surface area contributed by atoms with Crippen molar-refractivity contribution >= 4 is 28.0 Å². The summed E-state index contributed by atoms with van der Waals surface area (Å²) >= 11 is 0. The quantitative estimate of drug-likeness (QED) is 0.715. The van der Waals surface area contributed by atoms with Crippen LogP contribution in [0.5, 0.6) is 0 Å². The Hall–Kier alpha value is -2.87. The third-order valence-electron chi connectivity index (χ3n) is 4.91. The summed E-state index contributed by atoms with van der Waals surface area (Å²) in [7, 11) is -2.18. The topological polar surface area (TPSA) is 78.0 Å². The first-order chi connectivity index (χ1) is 13.3. The second-order valence-corrected chi connectivity index (χ2v) is 8.74. The Kier molecular flexibility index (Phi) is 5.69. The fraction of sp³-hybridized carbons (Fsp3) is 0.300. The minimum atomic E-state index is -3.67. The van der Waals surface area contributed by atoms with E-state index in [0.29, 0.717) is 37.4 Å². The van der Waals surface area contributed by atoms with Crippen LogP contribution in [0.15, 0.2) is 53.4 Å². The molecule has 1 saturated heterocycles. The van der Waals surface area contributed by atoms with Gasteiger partial charge < -0.3 is 9.80 Å². The Morgan fingerprint density at radius 1 is 0.964 bits per heavy atom. The van der Waals surface area contributed by atoms with Crippen molar-refractivity contribution in [3.05, 3.63) is 59.7 Å². The SMILES string of the molecule is Cc1ccc(S(=O)(=O)N(C)c2ccc(C(=O)N3CCN(C=O)CC3)cc2)cc1. The second-order valence-electron chi connectivity index (χ2n) is 6.77. The molecule has 0 bridgehead atoms. The van der Waals surface area contributed by atoms with E-state index < -0.39 is 10.0 Å². The fourth-order valence-electron chi connectivity index (χ4n) is 3.03. The normalized spacial score (nSPS) is 14.6. The van der Waals surface area contributed by atoms with Crippen LogP contribution >= 0.6 is 0 Å². The van der Waals surface area contributed by atoms with Gasteiger partial charge >= 0.3 is 0 Å². The molecule has 0 radical (unpaired) electrons. The molecule has 1 aliphatic heterocycles. The van der Waals surface area contributed by atoms with E-state index in [1.807, 2.05) is 6.92 Å². The van der Waals surface area contributed by atoms with E-state index in [1.54, 1.807) is 58.3 Å². The van der Waals surface area contributed by atoms with E-state index in [9.17, 15) is 18.0 Å². The molecule has 2 amide bonds. The molecule has 28 heavy (non-hydrogen) atoms. The molecule has 0 unspecified atom stereocenters. The molecule has 2 aromatic rings. The van der Waals surface area contributed by atoms with Crippen LogP contribution in [-0.4, -0.2) is 63.8 Å². The molecule has 7 nitrogen and oxygen atoms in total. The summed E-state index contributed by atoms with van der Waals surface area (Å²) in [4.78, 5) is 26.9. The van der Waals surface area contributed by atoms with Gasteiger partial charge in [0.25, 0.3) is 15.9 Å². The molecule has 1 aliphatic rings. The Labute approximate surface area is 165 Å². The summed E-state index contributed by atoms with van der Waals surface area (Å²) in [5.41, 5.74) is 1.95. The lowest BCUT2D eigenvalue weighted by Crippen LogP contribution is -2.48. The molecule has 0 saturated carbocycles. The number of carbonyl (C=O) groups is 2. The number of rotatable bonds is 5. The number of amides is 2. The van der Waals surface area contributed by atoms with Gasteiger partial charge in [0, 0.05) is 38.8 Å². The lowest BCUT2D eigenvalue weighted by Gasteiger charge is -2.32. The number of aryl methyl sites for hydroxylation is 1. The second kappa shape index (κ2) is 8.02. The standard InChI is InChI=1S/C20H23N3O4S/c1-16-3-9-19(10-4-16)28(26,27)21(2)18-7-5-17(6-8-18)20(25)23-13-11-22(15-24)12-14-23/h3-10,15H,11-14H2,1-2H3. The maximum absolute atomic E-state index is 12.8. The van der Waals surface area contributed by atoms with E-state index >= 15 is 0 Å². The van der Waals surface area contributed by atoms with E-state index in [0.717, 1.165) is 12.0 Å². The van der Waals surface area contributed by atoms with Gasteiger partial charge in [-0.25, -0.2) is 8.42 Å². The zero-order chi connectivity index (χ0) is 20.3. The van der Waals surface area contributed by atoms with Crippen LogP contribution in [0, 0.1) is 6.92 Å². The van der Waals surface area contributed by atoms with Gasteiger partial charge in [0.2, 0.25) is 6.41 Å². The van der Waals surface area contributed by atoms with Crippen molar-refractivity contribution in [2.45, 2.75) is 11.8 Å². The molecule has 0 atom stereocenters. The third kappa shape index (κ3) is 4.01. The molecular formula is C20H23N3O4S. The zero-order valence-electron chi connectivity index (χ0n) is 15.9. The van der Waals surface area contributed by atoms with Gasteiger partial charge in [0.15, 0.2) is 0 Å². The molecule has 8 heteroatoms. The van der Waals surface area contributed by atoms with Crippen LogP contribution in [0.4, 0.5) is 5.69 Å². The van der Waals surface area contributed by atoms with Gasteiger partial charge in [-0.15, -0.1) is 0 Å². The molecular weight excluding hydrogens is 378 g/mol. The fourth-order valence-corrected chi connectivity index (χ4v) is 4.23. The maximum Gasteiger partial charge on any atom is 0.264 e. The minimum Gasteiger partial charge on any atom is -0.342 e. The van der Waals surface area contributed by atoms with Crippen molar-refractivity contribution in [3.8, 4) is 0 Å². The van der Waals surface area contributed by atoms with Crippen molar-refractivity contribution in [1.29, 1.82) is 0 Å². The number of benzene rings is 2. The minimum absolute atomic E-state index is 0.124. The van der Waals surface area contributed by atoms with E-state index in [1.165, 1.54) is 11.4 Å². The van der Waals surface area contributed by atoms with Crippen LogP contribution in [0.2, 0.25) is 0 Å². The summed E-state index contributed by atoms with van der Waals surface area (Å²) in [6, 6.07) is 13.2. The Morgan fingerprint density at radius 2 is 1.54 bits per heavy atom. The summed E-state index contributed by atoms with van der Waals surface area (Å²) < 4.78 is 26.8. The number of hydrogen-bond acceptors (Lipinski definition) is 4. The lowest BCUT2D eigenvalue weighted by atomic mass is 10.1. The van der Waals surface area contributed by atoms with Gasteiger partial charge in [-0.2, -0.15) is 0 Å². The van der Waals surface area contributed by atoms with Gasteiger partial charge in [-0.1, -0.05) is 17.7 Å². The van der Waals surface area contributed by atoms with Crippen LogP contribution < -0.4 is 4.31 Å². The molecule has 1 heterocycles. The highest BCUT2D eigenvalue weighted by Crippen LogP contribution is 2.23. The number of anilines is 1. The number of nitrogens with zero attached hydrogens (tertiary/aromatic N) is 3. The predicted molar refractivity (Wildman–Crippen MR) is 107 cm³/mol. The van der Waals surface area contributed by atoms with Crippen molar-refractivity contribution in [1.82, 2.24) is 9.80 Å². The van der Waals surface area contributed by atoms with Crippen molar-refractivity contribution in [3.63, 3.8) is 0 Å². The average molecular weight is 401 g/mol. The monoisotopic (exact) mass is 401 g/mol. The first-order valence-electron chi connectivity index (χ1n) is 8.97. The highest BCUT2D eigenvalue weighted by atomic mass is 32.2. The van der Waals surface area contributed by atoms with E-state index in [2.05, 4.69) is 0 Å². The van der Waals surface area contributed by atoms with E-state index in [4.69, 9.17) is 0 Å². The van der Waals surface area contributed by atoms with E-state index in [-0.39, 0.29) is 10.8 Å². The Bertz CT molecular complexity index is 948. The van der Waals surface area contributed by atoms with Gasteiger partial charge in [0.1, 0.15) is 0 Å². The number of hydrogen-bond donors (Lipinski definition) is 0. The molecule has 0 aromatic heterocycles. The molecule has 2 aromatic carbocycles. The molecule has 0 aliphatic carbocycles. The Morgan fingerprint density at radius 3 is 2.07 bits per heavy atom. The maximum atomic E-state index is 12.8. The summed E-state index contributed by atoms with van der Waals surface area (Å²) in [6.45, 7) is 3.91. The number of piperazine rings is 1.